The summed E-state index contributed by atoms with van der Waals surface area (Å²) in [5.41, 5.74) is 2.31. The molecule has 2 aromatic rings. The molecule has 0 atom stereocenters. The molecular formula is C18H25N5O2. The van der Waals surface area contributed by atoms with E-state index in [1.54, 1.807) is 11.1 Å². The summed E-state index contributed by atoms with van der Waals surface area (Å²) in [7, 11) is 1.81. The van der Waals surface area contributed by atoms with E-state index in [4.69, 9.17) is 4.52 Å². The Labute approximate surface area is 147 Å². The number of carbonyl (C=O) groups is 1. The fraction of sp³-hybridized carbons (Fsp3) is 0.611. The second-order valence-corrected chi connectivity index (χ2v) is 7.49. The largest absolute Gasteiger partial charge is 0.361 e. The highest BCUT2D eigenvalue weighted by Gasteiger charge is 2.43. The molecule has 2 aromatic heterocycles. The lowest BCUT2D eigenvalue weighted by molar-refractivity contribution is 0.201. The van der Waals surface area contributed by atoms with Crippen molar-refractivity contribution < 1.29 is 9.32 Å². The zero-order valence-electron chi connectivity index (χ0n) is 14.7. The number of rotatable bonds is 6. The smallest absolute Gasteiger partial charge is 0.317 e. The number of carbonyl (C=O) groups excluding carboxylic acids is 1. The monoisotopic (exact) mass is 343 g/mol. The van der Waals surface area contributed by atoms with Crippen LogP contribution in [0.3, 0.4) is 0 Å². The van der Waals surface area contributed by atoms with Gasteiger partial charge >= 0.3 is 6.03 Å². The molecule has 0 saturated heterocycles. The van der Waals surface area contributed by atoms with Gasteiger partial charge in [-0.3, -0.25) is 0 Å². The van der Waals surface area contributed by atoms with Gasteiger partial charge in [-0.1, -0.05) is 5.16 Å². The Hall–Kier alpha value is -2.31. The Bertz CT molecular complexity index is 733. The van der Waals surface area contributed by atoms with Crippen molar-refractivity contribution in [3.63, 3.8) is 0 Å². The first kappa shape index (κ1) is 16.2. The molecule has 2 aliphatic carbocycles. The van der Waals surface area contributed by atoms with Crippen LogP contribution in [0.1, 0.15) is 42.7 Å². The number of urea groups is 1. The molecule has 2 amide bonds. The Kier molecular flexibility index (Phi) is 4.23. The average molecular weight is 343 g/mol. The molecular weight excluding hydrogens is 318 g/mol. The van der Waals surface area contributed by atoms with Crippen LogP contribution < -0.4 is 5.32 Å². The van der Waals surface area contributed by atoms with Crippen LogP contribution in [0.4, 0.5) is 4.79 Å². The molecule has 0 aliphatic heterocycles. The van der Waals surface area contributed by atoms with Crippen LogP contribution in [-0.4, -0.2) is 39.2 Å². The van der Waals surface area contributed by atoms with Crippen molar-refractivity contribution in [1.29, 1.82) is 0 Å². The van der Waals surface area contributed by atoms with Gasteiger partial charge in [0.05, 0.1) is 12.9 Å². The first-order valence-corrected chi connectivity index (χ1v) is 9.06. The van der Waals surface area contributed by atoms with Crippen LogP contribution in [0.5, 0.6) is 0 Å². The number of amides is 2. The van der Waals surface area contributed by atoms with Gasteiger partial charge in [-0.15, -0.1) is 0 Å². The molecule has 1 fully saturated rings. The first-order chi connectivity index (χ1) is 12.2. The van der Waals surface area contributed by atoms with E-state index >= 15 is 0 Å². The predicted molar refractivity (Wildman–Crippen MR) is 91.9 cm³/mol. The Balaban J connectivity index is 1.30. The van der Waals surface area contributed by atoms with E-state index in [9.17, 15) is 4.79 Å². The molecule has 4 rings (SSSR count). The number of aryl methyl sites for hydroxylation is 1. The molecule has 0 unspecified atom stereocenters. The van der Waals surface area contributed by atoms with Gasteiger partial charge in [-0.2, -0.15) is 0 Å². The summed E-state index contributed by atoms with van der Waals surface area (Å²) in [5, 5.41) is 7.27. The molecule has 134 valence electrons. The number of hydrogen-bond acceptors (Lipinski definition) is 4. The van der Waals surface area contributed by atoms with Crippen molar-refractivity contribution in [2.75, 3.05) is 13.6 Å². The standard InChI is InChI=1S/C18H25N5O2/c1-22(10-15-14-4-2-3-5-16(14)25-21-15)17(24)20-11-18(6-7-18)12-23-9-8-19-13-23/h8-9,13H,2-7,10-12H2,1H3,(H,20,24). The second kappa shape index (κ2) is 6.54. The maximum atomic E-state index is 12.5. The third-order valence-electron chi connectivity index (χ3n) is 5.41. The van der Waals surface area contributed by atoms with Crippen molar-refractivity contribution in [2.45, 2.75) is 51.6 Å². The highest BCUT2D eigenvalue weighted by Crippen LogP contribution is 2.46. The van der Waals surface area contributed by atoms with Gasteiger partial charge < -0.3 is 19.3 Å². The quantitative estimate of drug-likeness (QED) is 0.874. The topological polar surface area (TPSA) is 76.2 Å². The molecule has 0 radical (unpaired) electrons. The van der Waals surface area contributed by atoms with E-state index in [0.29, 0.717) is 13.1 Å². The van der Waals surface area contributed by atoms with Crippen molar-refractivity contribution in [2.24, 2.45) is 5.41 Å². The van der Waals surface area contributed by atoms with Gasteiger partial charge in [0.15, 0.2) is 0 Å². The summed E-state index contributed by atoms with van der Waals surface area (Å²) in [6.45, 7) is 2.11. The number of hydrogen-bond donors (Lipinski definition) is 1. The summed E-state index contributed by atoms with van der Waals surface area (Å²) in [6.07, 6.45) is 12.2. The maximum Gasteiger partial charge on any atom is 0.317 e. The lowest BCUT2D eigenvalue weighted by Gasteiger charge is -2.21. The van der Waals surface area contributed by atoms with Crippen LogP contribution in [0.2, 0.25) is 0 Å². The van der Waals surface area contributed by atoms with Gasteiger partial charge in [0, 0.05) is 49.9 Å². The van der Waals surface area contributed by atoms with Crippen molar-refractivity contribution in [1.82, 2.24) is 24.9 Å². The molecule has 0 aromatic carbocycles. The van der Waals surface area contributed by atoms with Gasteiger partial charge in [0.1, 0.15) is 11.5 Å². The molecule has 1 N–H and O–H groups in total. The maximum absolute atomic E-state index is 12.5. The molecule has 1 saturated carbocycles. The minimum atomic E-state index is -0.0514. The highest BCUT2D eigenvalue weighted by atomic mass is 16.5. The second-order valence-electron chi connectivity index (χ2n) is 7.49. The van der Waals surface area contributed by atoms with E-state index in [1.165, 1.54) is 12.0 Å². The molecule has 25 heavy (non-hydrogen) atoms. The summed E-state index contributed by atoms with van der Waals surface area (Å²) >= 11 is 0. The number of fused-ring (bicyclic) bond motifs is 1. The third kappa shape index (κ3) is 3.55. The molecule has 0 bridgehead atoms. The summed E-state index contributed by atoms with van der Waals surface area (Å²) < 4.78 is 7.52. The van der Waals surface area contributed by atoms with Gasteiger partial charge in [0.25, 0.3) is 0 Å². The number of imidazole rings is 1. The van der Waals surface area contributed by atoms with Crippen LogP contribution in [-0.2, 0) is 25.9 Å². The zero-order chi connectivity index (χ0) is 17.3. The first-order valence-electron chi connectivity index (χ1n) is 9.06. The van der Waals surface area contributed by atoms with Crippen LogP contribution in [0.15, 0.2) is 23.2 Å². The van der Waals surface area contributed by atoms with E-state index in [-0.39, 0.29) is 11.4 Å². The molecule has 0 spiro atoms. The molecule has 2 heterocycles. The van der Waals surface area contributed by atoms with Crippen LogP contribution in [0.25, 0.3) is 0 Å². The lowest BCUT2D eigenvalue weighted by Crippen LogP contribution is -2.40. The normalized spacial score (nSPS) is 17.8. The van der Waals surface area contributed by atoms with E-state index in [0.717, 1.165) is 50.1 Å². The third-order valence-corrected chi connectivity index (χ3v) is 5.41. The fourth-order valence-corrected chi connectivity index (χ4v) is 3.60. The van der Waals surface area contributed by atoms with E-state index in [1.807, 2.05) is 19.6 Å². The van der Waals surface area contributed by atoms with Gasteiger partial charge in [0.2, 0.25) is 0 Å². The lowest BCUT2D eigenvalue weighted by atomic mass is 9.96. The van der Waals surface area contributed by atoms with Gasteiger partial charge in [-0.05, 0) is 32.1 Å². The summed E-state index contributed by atoms with van der Waals surface area (Å²) in [4.78, 5) is 18.2. The Morgan fingerprint density at radius 1 is 1.40 bits per heavy atom. The molecule has 7 nitrogen and oxygen atoms in total. The zero-order valence-corrected chi connectivity index (χ0v) is 14.7. The average Bonchev–Trinajstić information content (AvgIpc) is 3.01. The minimum Gasteiger partial charge on any atom is -0.361 e. The van der Waals surface area contributed by atoms with Gasteiger partial charge in [-0.25, -0.2) is 9.78 Å². The Morgan fingerprint density at radius 3 is 3.00 bits per heavy atom. The van der Waals surface area contributed by atoms with E-state index < -0.39 is 0 Å². The summed E-state index contributed by atoms with van der Waals surface area (Å²) in [6, 6.07) is -0.0514. The number of nitrogens with zero attached hydrogens (tertiary/aromatic N) is 4. The molecule has 2 aliphatic rings. The van der Waals surface area contributed by atoms with E-state index in [2.05, 4.69) is 20.0 Å². The Morgan fingerprint density at radius 2 is 2.24 bits per heavy atom. The SMILES string of the molecule is CN(Cc1noc2c1CCCC2)C(=O)NCC1(Cn2ccnc2)CC1. The fourth-order valence-electron chi connectivity index (χ4n) is 3.60. The number of nitrogens with one attached hydrogen (secondary N) is 1. The van der Waals surface area contributed by atoms with Crippen LogP contribution in [0, 0.1) is 5.41 Å². The van der Waals surface area contributed by atoms with Crippen molar-refractivity contribution in [3.05, 3.63) is 35.7 Å². The van der Waals surface area contributed by atoms with Crippen molar-refractivity contribution >= 4 is 6.03 Å². The predicted octanol–water partition coefficient (Wildman–Crippen LogP) is 2.37. The minimum absolute atomic E-state index is 0.0514. The van der Waals surface area contributed by atoms with Crippen LogP contribution >= 0.6 is 0 Å². The number of aromatic nitrogens is 3. The molecule has 7 heteroatoms. The summed E-state index contributed by atoms with van der Waals surface area (Å²) in [5.74, 6) is 1.01. The highest BCUT2D eigenvalue weighted by molar-refractivity contribution is 5.73. The van der Waals surface area contributed by atoms with Crippen molar-refractivity contribution in [3.8, 4) is 0 Å².